The average Bonchev–Trinajstić information content (AvgIpc) is 2.83. The molecule has 1 N–H and O–H groups in total. The molecule has 0 saturated heterocycles. The molecule has 35 heavy (non-hydrogen) atoms. The molecule has 6 nitrogen and oxygen atoms in total. The molecule has 0 unspecified atom stereocenters. The predicted molar refractivity (Wildman–Crippen MR) is 140 cm³/mol. The Hall–Kier alpha value is -3.32. The standard InChI is InChI=1S/C28H34N2O4S/c1-5-34-25-15-17-26(18-16-25)35(32,33)30(24-13-11-22(4)12-14-24)20-28(31)29-27(19-21(2)3)23-9-7-6-8-10-23/h6-18,21,27H,5,19-20H2,1-4H3,(H,29,31)/t27-/m1/s1. The number of hydrogen-bond donors (Lipinski definition) is 1. The number of benzene rings is 3. The monoisotopic (exact) mass is 494 g/mol. The quantitative estimate of drug-likeness (QED) is 0.382. The first kappa shape index (κ1) is 26.3. The molecule has 0 spiro atoms. The van der Waals surface area contributed by atoms with Gasteiger partial charge in [-0.2, -0.15) is 0 Å². The van der Waals surface area contributed by atoms with Crippen LogP contribution in [0.2, 0.25) is 0 Å². The van der Waals surface area contributed by atoms with Crippen LogP contribution in [0.5, 0.6) is 5.75 Å². The van der Waals surface area contributed by atoms with Gasteiger partial charge in [0.2, 0.25) is 5.91 Å². The second kappa shape index (κ2) is 11.9. The van der Waals surface area contributed by atoms with Crippen LogP contribution in [0, 0.1) is 12.8 Å². The molecular formula is C28H34N2O4S. The van der Waals surface area contributed by atoms with Gasteiger partial charge in [0.1, 0.15) is 12.3 Å². The van der Waals surface area contributed by atoms with Gasteiger partial charge < -0.3 is 10.1 Å². The van der Waals surface area contributed by atoms with Crippen molar-refractivity contribution in [1.82, 2.24) is 5.32 Å². The molecule has 0 bridgehead atoms. The number of aryl methyl sites for hydroxylation is 1. The molecule has 3 aromatic rings. The minimum absolute atomic E-state index is 0.0936. The third-order valence-corrected chi connectivity index (χ3v) is 7.36. The summed E-state index contributed by atoms with van der Waals surface area (Å²) in [5.41, 5.74) is 2.42. The van der Waals surface area contributed by atoms with Crippen molar-refractivity contribution in [2.45, 2.75) is 45.1 Å². The molecule has 186 valence electrons. The zero-order valence-corrected chi connectivity index (χ0v) is 21.6. The summed E-state index contributed by atoms with van der Waals surface area (Å²) in [6.45, 7) is 8.14. The normalized spacial score (nSPS) is 12.3. The molecule has 0 aliphatic heterocycles. The van der Waals surface area contributed by atoms with E-state index in [2.05, 4.69) is 19.2 Å². The van der Waals surface area contributed by atoms with E-state index >= 15 is 0 Å². The summed E-state index contributed by atoms with van der Waals surface area (Å²) in [7, 11) is -4.00. The minimum Gasteiger partial charge on any atom is -0.494 e. The Bertz CT molecular complexity index is 1190. The molecule has 0 radical (unpaired) electrons. The number of sulfonamides is 1. The summed E-state index contributed by atoms with van der Waals surface area (Å²) < 4.78 is 33.9. The second-order valence-electron chi connectivity index (χ2n) is 8.91. The summed E-state index contributed by atoms with van der Waals surface area (Å²) in [6, 6.07) is 22.9. The van der Waals surface area contributed by atoms with Gasteiger partial charge in [-0.1, -0.05) is 61.9 Å². The predicted octanol–water partition coefficient (Wildman–Crippen LogP) is 5.49. The van der Waals surface area contributed by atoms with Crippen LogP contribution >= 0.6 is 0 Å². The van der Waals surface area contributed by atoms with Crippen molar-refractivity contribution < 1.29 is 17.9 Å². The maximum absolute atomic E-state index is 13.7. The second-order valence-corrected chi connectivity index (χ2v) is 10.8. The molecule has 7 heteroatoms. The number of anilines is 1. The smallest absolute Gasteiger partial charge is 0.264 e. The fourth-order valence-electron chi connectivity index (χ4n) is 3.83. The third-order valence-electron chi connectivity index (χ3n) is 5.58. The van der Waals surface area contributed by atoms with Gasteiger partial charge in [0, 0.05) is 0 Å². The van der Waals surface area contributed by atoms with E-state index in [4.69, 9.17) is 4.74 Å². The minimum atomic E-state index is -4.00. The van der Waals surface area contributed by atoms with Crippen LogP contribution in [0.25, 0.3) is 0 Å². The van der Waals surface area contributed by atoms with Gasteiger partial charge in [0.05, 0.1) is 23.2 Å². The molecule has 1 amide bonds. The Kier molecular flexibility index (Phi) is 8.93. The van der Waals surface area contributed by atoms with Gasteiger partial charge in [-0.15, -0.1) is 0 Å². The first-order chi connectivity index (χ1) is 16.7. The van der Waals surface area contributed by atoms with Gasteiger partial charge in [-0.05, 0) is 68.1 Å². The first-order valence-corrected chi connectivity index (χ1v) is 13.3. The van der Waals surface area contributed by atoms with E-state index in [0.717, 1.165) is 21.9 Å². The highest BCUT2D eigenvalue weighted by Gasteiger charge is 2.28. The van der Waals surface area contributed by atoms with Crippen molar-refractivity contribution in [3.63, 3.8) is 0 Å². The van der Waals surface area contributed by atoms with Gasteiger partial charge >= 0.3 is 0 Å². The number of nitrogens with zero attached hydrogens (tertiary/aromatic N) is 1. The number of carbonyl (C=O) groups is 1. The van der Waals surface area contributed by atoms with Gasteiger partial charge in [-0.25, -0.2) is 8.42 Å². The molecular weight excluding hydrogens is 460 g/mol. The summed E-state index contributed by atoms with van der Waals surface area (Å²) in [6.07, 6.45) is 0.742. The van der Waals surface area contributed by atoms with Gasteiger partial charge in [-0.3, -0.25) is 9.10 Å². The third kappa shape index (κ3) is 7.09. The Morgan fingerprint density at radius 3 is 2.14 bits per heavy atom. The molecule has 0 aliphatic rings. The lowest BCUT2D eigenvalue weighted by atomic mass is 9.97. The van der Waals surface area contributed by atoms with Crippen LogP contribution in [0.1, 0.15) is 44.4 Å². The molecule has 3 rings (SSSR count). The van der Waals surface area contributed by atoms with E-state index in [0.29, 0.717) is 24.0 Å². The molecule has 0 aliphatic carbocycles. The molecule has 0 aromatic heterocycles. The van der Waals surface area contributed by atoms with E-state index in [9.17, 15) is 13.2 Å². The van der Waals surface area contributed by atoms with E-state index in [1.807, 2.05) is 56.3 Å². The maximum Gasteiger partial charge on any atom is 0.264 e. The van der Waals surface area contributed by atoms with E-state index < -0.39 is 10.0 Å². The van der Waals surface area contributed by atoms with E-state index in [-0.39, 0.29) is 23.4 Å². The van der Waals surface area contributed by atoms with Gasteiger partial charge in [0.15, 0.2) is 0 Å². The van der Waals surface area contributed by atoms with Crippen LogP contribution in [0.3, 0.4) is 0 Å². The summed E-state index contributed by atoms with van der Waals surface area (Å²) in [4.78, 5) is 13.3. The van der Waals surface area contributed by atoms with Crippen LogP contribution in [-0.2, 0) is 14.8 Å². The van der Waals surface area contributed by atoms with Crippen molar-refractivity contribution >= 4 is 21.6 Å². The number of rotatable bonds is 11. The van der Waals surface area contributed by atoms with Crippen LogP contribution in [-0.4, -0.2) is 27.5 Å². The lowest BCUT2D eigenvalue weighted by Crippen LogP contribution is -2.42. The lowest BCUT2D eigenvalue weighted by Gasteiger charge is -2.26. The average molecular weight is 495 g/mol. The van der Waals surface area contributed by atoms with Crippen molar-refractivity contribution in [3.8, 4) is 5.75 Å². The Morgan fingerprint density at radius 2 is 1.57 bits per heavy atom. The zero-order valence-electron chi connectivity index (χ0n) is 20.8. The van der Waals surface area contributed by atoms with Crippen molar-refractivity contribution in [2.75, 3.05) is 17.5 Å². The zero-order chi connectivity index (χ0) is 25.4. The van der Waals surface area contributed by atoms with Crippen LogP contribution in [0.15, 0.2) is 83.8 Å². The highest BCUT2D eigenvalue weighted by Crippen LogP contribution is 2.26. The molecule has 0 heterocycles. The van der Waals surface area contributed by atoms with Crippen molar-refractivity contribution in [1.29, 1.82) is 0 Å². The topological polar surface area (TPSA) is 75.7 Å². The summed E-state index contributed by atoms with van der Waals surface area (Å²) >= 11 is 0. The fourth-order valence-corrected chi connectivity index (χ4v) is 5.25. The highest BCUT2D eigenvalue weighted by atomic mass is 32.2. The molecule has 0 fully saturated rings. The van der Waals surface area contributed by atoms with Crippen molar-refractivity contribution in [3.05, 3.63) is 90.0 Å². The molecule has 1 atom stereocenters. The first-order valence-electron chi connectivity index (χ1n) is 11.9. The van der Waals surface area contributed by atoms with Gasteiger partial charge in [0.25, 0.3) is 10.0 Å². The Labute approximate surface area is 209 Å². The Morgan fingerprint density at radius 1 is 0.943 bits per heavy atom. The van der Waals surface area contributed by atoms with Crippen LogP contribution in [0.4, 0.5) is 5.69 Å². The fraction of sp³-hybridized carbons (Fsp3) is 0.321. The Balaban J connectivity index is 1.90. The number of amides is 1. The highest BCUT2D eigenvalue weighted by molar-refractivity contribution is 7.92. The number of carbonyl (C=O) groups excluding carboxylic acids is 1. The largest absolute Gasteiger partial charge is 0.494 e. The maximum atomic E-state index is 13.7. The SMILES string of the molecule is CCOc1ccc(S(=O)(=O)N(CC(=O)N[C@H](CC(C)C)c2ccccc2)c2ccc(C)cc2)cc1. The van der Waals surface area contributed by atoms with E-state index in [1.54, 1.807) is 24.3 Å². The van der Waals surface area contributed by atoms with Crippen LogP contribution < -0.4 is 14.4 Å². The number of hydrogen-bond acceptors (Lipinski definition) is 4. The number of nitrogens with one attached hydrogen (secondary N) is 1. The van der Waals surface area contributed by atoms with Crippen molar-refractivity contribution in [2.24, 2.45) is 5.92 Å². The summed E-state index contributed by atoms with van der Waals surface area (Å²) in [5, 5.41) is 3.06. The molecule has 3 aromatic carbocycles. The van der Waals surface area contributed by atoms with E-state index in [1.165, 1.54) is 12.1 Å². The number of ether oxygens (including phenoxy) is 1. The molecule has 0 saturated carbocycles. The summed E-state index contributed by atoms with van der Waals surface area (Å²) in [5.74, 6) is 0.571. The lowest BCUT2D eigenvalue weighted by molar-refractivity contribution is -0.120.